The van der Waals surface area contributed by atoms with Crippen LogP contribution in [0.25, 0.3) is 0 Å². The molecular formula is C32H48O3Si2. The zero-order valence-electron chi connectivity index (χ0n) is 24.1. The molecule has 0 fully saturated rings. The fourth-order valence-corrected chi connectivity index (χ4v) is 10.1. The minimum Gasteiger partial charge on any atom is -0.402 e. The van der Waals surface area contributed by atoms with Crippen molar-refractivity contribution in [3.63, 3.8) is 0 Å². The molecule has 2 aromatic carbocycles. The molecule has 0 aliphatic carbocycles. The van der Waals surface area contributed by atoms with E-state index < -0.39 is 16.4 Å². The molecule has 0 heterocycles. The minimum atomic E-state index is -2.75. The van der Waals surface area contributed by atoms with Crippen molar-refractivity contribution < 1.29 is 14.3 Å². The van der Waals surface area contributed by atoms with E-state index >= 15 is 0 Å². The monoisotopic (exact) mass is 536 g/mol. The van der Waals surface area contributed by atoms with Gasteiger partial charge in [0.25, 0.3) is 8.32 Å². The third kappa shape index (κ3) is 8.80. The molecule has 0 aliphatic heterocycles. The predicted octanol–water partition coefficient (Wildman–Crippen LogP) is 6.32. The summed E-state index contributed by atoms with van der Waals surface area (Å²) in [5.74, 6) is 3.42. The van der Waals surface area contributed by atoms with E-state index in [1.807, 2.05) is 6.08 Å². The summed E-state index contributed by atoms with van der Waals surface area (Å²) in [5.41, 5.74) is 3.49. The standard InChI is InChI=1S/C32H48O3Si2/c1-9-18-31(30(10-2)34-27(19-17-25-33)24-26-36(6,7)8)35-37(32(3,4)5,28-20-13-11-14-21-28)29-22-15-12-16-23-29/h9,11-16,20-23,27,30-31,33H,1,10,17-19,25H2,2-8H3/t27?,30-,31-/m1/s1. The van der Waals surface area contributed by atoms with E-state index in [0.717, 1.165) is 6.42 Å². The molecule has 2 rings (SSSR count). The van der Waals surface area contributed by atoms with Crippen LogP contribution < -0.4 is 10.4 Å². The lowest BCUT2D eigenvalue weighted by Crippen LogP contribution is -2.68. The van der Waals surface area contributed by atoms with E-state index in [2.05, 4.69) is 126 Å². The molecule has 1 N–H and O–H groups in total. The second-order valence-electron chi connectivity index (χ2n) is 11.8. The van der Waals surface area contributed by atoms with Gasteiger partial charge in [0.1, 0.15) is 14.2 Å². The molecule has 0 amide bonds. The van der Waals surface area contributed by atoms with Crippen LogP contribution in [-0.4, -0.2) is 46.4 Å². The second kappa shape index (κ2) is 14.3. The van der Waals surface area contributed by atoms with Gasteiger partial charge in [0.2, 0.25) is 0 Å². The number of hydrogen-bond acceptors (Lipinski definition) is 3. The molecule has 0 saturated heterocycles. The van der Waals surface area contributed by atoms with Crippen LogP contribution in [0.1, 0.15) is 53.4 Å². The molecule has 0 aliphatic rings. The SMILES string of the molecule is C=CC[C@@H](O[Si](c1ccccc1)(c1ccccc1)C(C)(C)C)[C@@H](CC)OC(C#C[Si](C)(C)C)CCCO. The van der Waals surface area contributed by atoms with Gasteiger partial charge >= 0.3 is 0 Å². The summed E-state index contributed by atoms with van der Waals surface area (Å²) in [6.45, 7) is 20.0. The summed E-state index contributed by atoms with van der Waals surface area (Å²) < 4.78 is 14.2. The molecule has 3 atom stereocenters. The van der Waals surface area contributed by atoms with Crippen molar-refractivity contribution in [1.82, 2.24) is 0 Å². The fraction of sp³-hybridized carbons (Fsp3) is 0.500. The van der Waals surface area contributed by atoms with Gasteiger partial charge in [-0.1, -0.05) is 120 Å². The summed E-state index contributed by atoms with van der Waals surface area (Å²) in [7, 11) is -4.31. The maximum atomic E-state index is 9.49. The fourth-order valence-electron chi connectivity index (χ4n) is 4.76. The summed E-state index contributed by atoms with van der Waals surface area (Å²) >= 11 is 0. The lowest BCUT2D eigenvalue weighted by atomic mass is 10.1. The second-order valence-corrected chi connectivity index (χ2v) is 20.8. The van der Waals surface area contributed by atoms with Crippen LogP contribution in [-0.2, 0) is 9.16 Å². The van der Waals surface area contributed by atoms with Crippen molar-refractivity contribution in [1.29, 1.82) is 0 Å². The highest BCUT2D eigenvalue weighted by Crippen LogP contribution is 2.38. The summed E-state index contributed by atoms with van der Waals surface area (Å²) in [5, 5.41) is 11.9. The van der Waals surface area contributed by atoms with Crippen molar-refractivity contribution in [3.8, 4) is 11.5 Å². The quantitative estimate of drug-likeness (QED) is 0.185. The van der Waals surface area contributed by atoms with E-state index in [0.29, 0.717) is 19.3 Å². The first kappa shape index (κ1) is 31.3. The van der Waals surface area contributed by atoms with Gasteiger partial charge in [0.15, 0.2) is 0 Å². The summed E-state index contributed by atoms with van der Waals surface area (Å²) in [4.78, 5) is 0. The molecule has 0 saturated carbocycles. The molecule has 1 unspecified atom stereocenters. The molecular weight excluding hydrogens is 489 g/mol. The van der Waals surface area contributed by atoms with Crippen LogP contribution >= 0.6 is 0 Å². The number of aliphatic hydroxyl groups is 1. The third-order valence-corrected chi connectivity index (χ3v) is 12.5. The molecule has 202 valence electrons. The Kier molecular flexibility index (Phi) is 12.1. The molecule has 0 spiro atoms. The lowest BCUT2D eigenvalue weighted by Gasteiger charge is -2.46. The average Bonchev–Trinajstić information content (AvgIpc) is 2.86. The van der Waals surface area contributed by atoms with Gasteiger partial charge in [-0.2, -0.15) is 0 Å². The summed E-state index contributed by atoms with van der Waals surface area (Å²) in [6, 6.07) is 21.5. The number of benzene rings is 2. The first-order valence-electron chi connectivity index (χ1n) is 13.7. The topological polar surface area (TPSA) is 38.7 Å². The Morgan fingerprint density at radius 2 is 1.49 bits per heavy atom. The Hall–Kier alpha value is -1.95. The van der Waals surface area contributed by atoms with Crippen molar-refractivity contribution in [2.24, 2.45) is 0 Å². The van der Waals surface area contributed by atoms with Crippen LogP contribution in [0, 0.1) is 11.5 Å². The first-order valence-corrected chi connectivity index (χ1v) is 19.1. The number of rotatable bonds is 13. The Morgan fingerprint density at radius 1 is 0.946 bits per heavy atom. The average molecular weight is 537 g/mol. The molecule has 5 heteroatoms. The van der Waals surface area contributed by atoms with Gasteiger partial charge in [0.05, 0.1) is 12.2 Å². The Labute approximate surface area is 228 Å². The van der Waals surface area contributed by atoms with E-state index in [1.165, 1.54) is 10.4 Å². The van der Waals surface area contributed by atoms with E-state index in [9.17, 15) is 5.11 Å². The third-order valence-electron chi connectivity index (χ3n) is 6.53. The lowest BCUT2D eigenvalue weighted by molar-refractivity contribution is -0.0553. The maximum absolute atomic E-state index is 9.49. The first-order chi connectivity index (χ1) is 17.5. The Morgan fingerprint density at radius 3 is 1.89 bits per heavy atom. The van der Waals surface area contributed by atoms with Gasteiger partial charge in [-0.05, 0) is 41.1 Å². The van der Waals surface area contributed by atoms with Crippen LogP contribution in [0.3, 0.4) is 0 Å². The van der Waals surface area contributed by atoms with Gasteiger partial charge in [-0.3, -0.25) is 0 Å². The molecule has 3 nitrogen and oxygen atoms in total. The smallest absolute Gasteiger partial charge is 0.261 e. The highest BCUT2D eigenvalue weighted by Gasteiger charge is 2.52. The Balaban J connectivity index is 2.58. The molecule has 0 radical (unpaired) electrons. The van der Waals surface area contributed by atoms with Crippen molar-refractivity contribution in [2.75, 3.05) is 6.61 Å². The minimum absolute atomic E-state index is 0.124. The number of ether oxygens (including phenoxy) is 1. The van der Waals surface area contributed by atoms with E-state index in [4.69, 9.17) is 9.16 Å². The van der Waals surface area contributed by atoms with Crippen LogP contribution in [0.5, 0.6) is 0 Å². The highest BCUT2D eigenvalue weighted by molar-refractivity contribution is 6.99. The Bertz CT molecular complexity index is 958. The van der Waals surface area contributed by atoms with Crippen LogP contribution in [0.4, 0.5) is 0 Å². The largest absolute Gasteiger partial charge is 0.402 e. The van der Waals surface area contributed by atoms with Gasteiger partial charge in [0, 0.05) is 6.61 Å². The normalized spacial score (nSPS) is 14.8. The van der Waals surface area contributed by atoms with E-state index in [1.54, 1.807) is 0 Å². The molecule has 0 aromatic heterocycles. The molecule has 2 aromatic rings. The number of aliphatic hydroxyl groups excluding tert-OH is 1. The van der Waals surface area contributed by atoms with Crippen molar-refractivity contribution >= 4 is 26.8 Å². The van der Waals surface area contributed by atoms with E-state index in [-0.39, 0.29) is 30.0 Å². The van der Waals surface area contributed by atoms with Crippen molar-refractivity contribution in [2.45, 2.75) is 96.4 Å². The van der Waals surface area contributed by atoms with Crippen LogP contribution in [0.15, 0.2) is 73.3 Å². The summed E-state index contributed by atoms with van der Waals surface area (Å²) in [6.07, 6.45) is 4.30. The zero-order chi connectivity index (χ0) is 27.5. The predicted molar refractivity (Wildman–Crippen MR) is 164 cm³/mol. The zero-order valence-corrected chi connectivity index (χ0v) is 26.1. The van der Waals surface area contributed by atoms with Gasteiger partial charge in [-0.25, -0.2) is 0 Å². The van der Waals surface area contributed by atoms with Crippen molar-refractivity contribution in [3.05, 3.63) is 73.3 Å². The van der Waals surface area contributed by atoms with Gasteiger partial charge in [-0.15, -0.1) is 12.1 Å². The maximum Gasteiger partial charge on any atom is 0.261 e. The van der Waals surface area contributed by atoms with Crippen LogP contribution in [0.2, 0.25) is 24.7 Å². The molecule has 37 heavy (non-hydrogen) atoms. The van der Waals surface area contributed by atoms with Gasteiger partial charge < -0.3 is 14.3 Å². The molecule has 0 bridgehead atoms. The number of hydrogen-bond donors (Lipinski definition) is 1. The highest BCUT2D eigenvalue weighted by atomic mass is 28.4.